The molecule has 0 N–H and O–H groups in total. The summed E-state index contributed by atoms with van der Waals surface area (Å²) in [5, 5.41) is 0. The molecule has 0 aromatic carbocycles. The minimum atomic E-state index is 0.134. The van der Waals surface area contributed by atoms with Crippen molar-refractivity contribution in [2.24, 2.45) is 13.0 Å². The van der Waals surface area contributed by atoms with Crippen molar-refractivity contribution in [1.29, 1.82) is 0 Å². The number of aryl methyl sites for hydroxylation is 1. The zero-order valence-corrected chi connectivity index (χ0v) is 11.3. The molecule has 2 aromatic rings. The van der Waals surface area contributed by atoms with E-state index in [1.807, 2.05) is 30.2 Å². The van der Waals surface area contributed by atoms with Crippen molar-refractivity contribution in [3.05, 3.63) is 18.6 Å². The molecule has 1 atom stereocenters. The summed E-state index contributed by atoms with van der Waals surface area (Å²) in [5.41, 5.74) is 2.00. The molecule has 0 saturated carbocycles. The number of fused-ring (bicyclic) bond motifs is 1. The Bertz CT molecular complexity index is 619. The molecule has 0 aliphatic carbocycles. The Morgan fingerprint density at radius 1 is 1.42 bits per heavy atom. The first-order valence-electron chi connectivity index (χ1n) is 6.68. The average Bonchev–Trinajstić information content (AvgIpc) is 2.81. The molecule has 1 aliphatic heterocycles. The van der Waals surface area contributed by atoms with Crippen LogP contribution in [0.2, 0.25) is 0 Å². The molecule has 3 rings (SSSR count). The summed E-state index contributed by atoms with van der Waals surface area (Å²) in [6.45, 7) is 3.40. The number of carbonyl (C=O) groups excluding carboxylic acids is 1. The number of Topliss-reactive ketones (excluding diaryl/α,β-unsaturated/α-hetero) is 1. The highest BCUT2D eigenvalue weighted by molar-refractivity contribution is 5.87. The quantitative estimate of drug-likeness (QED) is 0.824. The molecule has 1 aliphatic rings. The topological polar surface area (TPSA) is 51.0 Å². The van der Waals surface area contributed by atoms with Crippen LogP contribution in [0.1, 0.15) is 19.8 Å². The lowest BCUT2D eigenvalue weighted by Crippen LogP contribution is -2.38. The van der Waals surface area contributed by atoms with Gasteiger partial charge >= 0.3 is 0 Å². The average molecular weight is 258 g/mol. The maximum absolute atomic E-state index is 11.6. The third kappa shape index (κ3) is 2.09. The first-order chi connectivity index (χ1) is 9.16. The Hall–Kier alpha value is -1.91. The van der Waals surface area contributed by atoms with E-state index < -0.39 is 0 Å². The van der Waals surface area contributed by atoms with Crippen molar-refractivity contribution >= 4 is 22.6 Å². The summed E-state index contributed by atoms with van der Waals surface area (Å²) in [7, 11) is 1.98. The van der Waals surface area contributed by atoms with Crippen molar-refractivity contribution in [3.8, 4) is 0 Å². The molecule has 0 amide bonds. The molecule has 1 unspecified atom stereocenters. The second-order valence-electron chi connectivity index (χ2n) is 5.25. The second kappa shape index (κ2) is 4.64. The van der Waals surface area contributed by atoms with E-state index in [-0.39, 0.29) is 11.7 Å². The second-order valence-corrected chi connectivity index (χ2v) is 5.25. The fourth-order valence-electron chi connectivity index (χ4n) is 2.78. The van der Waals surface area contributed by atoms with Crippen LogP contribution >= 0.6 is 0 Å². The van der Waals surface area contributed by atoms with E-state index >= 15 is 0 Å². The molecule has 3 heterocycles. The highest BCUT2D eigenvalue weighted by atomic mass is 16.1. The van der Waals surface area contributed by atoms with Crippen LogP contribution in [-0.2, 0) is 11.8 Å². The smallest absolute Gasteiger partial charge is 0.156 e. The molecular weight excluding hydrogens is 240 g/mol. The standard InChI is InChI=1S/C14H18N4O/c1-10(19)11-4-3-7-18(8-11)14-13-12(5-6-15-14)17(2)9-16-13/h5-6,9,11H,3-4,7-8H2,1-2H3. The molecule has 1 fully saturated rings. The molecule has 0 bridgehead atoms. The van der Waals surface area contributed by atoms with Gasteiger partial charge in [0.05, 0.1) is 11.8 Å². The largest absolute Gasteiger partial charge is 0.354 e. The van der Waals surface area contributed by atoms with Gasteiger partial charge < -0.3 is 9.47 Å². The molecule has 0 radical (unpaired) electrons. The third-order valence-electron chi connectivity index (χ3n) is 3.92. The third-order valence-corrected chi connectivity index (χ3v) is 3.92. The number of carbonyl (C=O) groups is 1. The number of pyridine rings is 1. The minimum Gasteiger partial charge on any atom is -0.354 e. The van der Waals surface area contributed by atoms with Crippen molar-refractivity contribution < 1.29 is 4.79 Å². The van der Waals surface area contributed by atoms with Crippen LogP contribution in [-0.4, -0.2) is 33.4 Å². The predicted molar refractivity (Wildman–Crippen MR) is 74.1 cm³/mol. The number of ketones is 1. The van der Waals surface area contributed by atoms with Crippen LogP contribution < -0.4 is 4.90 Å². The van der Waals surface area contributed by atoms with Crippen LogP contribution in [0.25, 0.3) is 11.0 Å². The number of anilines is 1. The lowest BCUT2D eigenvalue weighted by atomic mass is 9.94. The summed E-state index contributed by atoms with van der Waals surface area (Å²) in [4.78, 5) is 22.7. The fourth-order valence-corrected chi connectivity index (χ4v) is 2.78. The van der Waals surface area contributed by atoms with Crippen molar-refractivity contribution in [2.75, 3.05) is 18.0 Å². The number of nitrogens with zero attached hydrogens (tertiary/aromatic N) is 4. The van der Waals surface area contributed by atoms with Gasteiger partial charge in [0, 0.05) is 32.3 Å². The number of rotatable bonds is 2. The van der Waals surface area contributed by atoms with Gasteiger partial charge in [0.25, 0.3) is 0 Å². The Morgan fingerprint density at radius 2 is 2.26 bits per heavy atom. The van der Waals surface area contributed by atoms with Crippen LogP contribution in [0.15, 0.2) is 18.6 Å². The van der Waals surface area contributed by atoms with E-state index in [1.54, 1.807) is 6.92 Å². The minimum absolute atomic E-state index is 0.134. The van der Waals surface area contributed by atoms with Gasteiger partial charge in [-0.05, 0) is 25.8 Å². The lowest BCUT2D eigenvalue weighted by Gasteiger charge is -2.32. The van der Waals surface area contributed by atoms with Crippen molar-refractivity contribution in [1.82, 2.24) is 14.5 Å². The van der Waals surface area contributed by atoms with Crippen molar-refractivity contribution in [3.63, 3.8) is 0 Å². The van der Waals surface area contributed by atoms with E-state index in [0.29, 0.717) is 0 Å². The van der Waals surface area contributed by atoms with E-state index in [4.69, 9.17) is 0 Å². The highest BCUT2D eigenvalue weighted by Crippen LogP contribution is 2.27. The summed E-state index contributed by atoms with van der Waals surface area (Å²) in [6, 6.07) is 1.97. The predicted octanol–water partition coefficient (Wildman–Crippen LogP) is 1.77. The van der Waals surface area contributed by atoms with Gasteiger partial charge in [0.15, 0.2) is 5.82 Å². The SMILES string of the molecule is CC(=O)C1CCCN(c2nccc3c2ncn3C)C1. The Kier molecular flexibility index (Phi) is 2.97. The van der Waals surface area contributed by atoms with Gasteiger partial charge in [0.1, 0.15) is 11.3 Å². The van der Waals surface area contributed by atoms with Gasteiger partial charge in [-0.3, -0.25) is 4.79 Å². The number of piperidine rings is 1. The van der Waals surface area contributed by atoms with Crippen LogP contribution in [0, 0.1) is 5.92 Å². The number of aromatic nitrogens is 3. The fraction of sp³-hybridized carbons (Fsp3) is 0.500. The van der Waals surface area contributed by atoms with Gasteiger partial charge in [-0.2, -0.15) is 0 Å². The Morgan fingerprint density at radius 3 is 3.05 bits per heavy atom. The number of hydrogen-bond donors (Lipinski definition) is 0. The maximum Gasteiger partial charge on any atom is 0.156 e. The first-order valence-corrected chi connectivity index (χ1v) is 6.68. The molecule has 1 saturated heterocycles. The van der Waals surface area contributed by atoms with Crippen LogP contribution in [0.4, 0.5) is 5.82 Å². The monoisotopic (exact) mass is 258 g/mol. The summed E-state index contributed by atoms with van der Waals surface area (Å²) < 4.78 is 1.99. The molecule has 5 nitrogen and oxygen atoms in total. The Labute approximate surface area is 112 Å². The molecular formula is C14H18N4O. The van der Waals surface area contributed by atoms with Crippen LogP contribution in [0.5, 0.6) is 0 Å². The van der Waals surface area contributed by atoms with E-state index in [0.717, 1.165) is 42.8 Å². The Balaban J connectivity index is 1.97. The van der Waals surface area contributed by atoms with Crippen molar-refractivity contribution in [2.45, 2.75) is 19.8 Å². The molecule has 19 heavy (non-hydrogen) atoms. The lowest BCUT2D eigenvalue weighted by molar-refractivity contribution is -0.120. The molecule has 5 heteroatoms. The maximum atomic E-state index is 11.6. The van der Waals surface area contributed by atoms with E-state index in [1.165, 1.54) is 0 Å². The number of imidazole rings is 1. The summed E-state index contributed by atoms with van der Waals surface area (Å²) >= 11 is 0. The summed E-state index contributed by atoms with van der Waals surface area (Å²) in [6.07, 6.45) is 5.65. The van der Waals surface area contributed by atoms with Gasteiger partial charge in [-0.25, -0.2) is 9.97 Å². The van der Waals surface area contributed by atoms with Gasteiger partial charge in [-0.15, -0.1) is 0 Å². The molecule has 100 valence electrons. The van der Waals surface area contributed by atoms with Crippen LogP contribution in [0.3, 0.4) is 0 Å². The zero-order valence-electron chi connectivity index (χ0n) is 11.3. The van der Waals surface area contributed by atoms with E-state index in [9.17, 15) is 4.79 Å². The van der Waals surface area contributed by atoms with Gasteiger partial charge in [0.2, 0.25) is 0 Å². The number of hydrogen-bond acceptors (Lipinski definition) is 4. The molecule has 0 spiro atoms. The van der Waals surface area contributed by atoms with Gasteiger partial charge in [-0.1, -0.05) is 0 Å². The van der Waals surface area contributed by atoms with E-state index in [2.05, 4.69) is 14.9 Å². The summed E-state index contributed by atoms with van der Waals surface area (Å²) in [5.74, 6) is 1.32. The highest BCUT2D eigenvalue weighted by Gasteiger charge is 2.25. The zero-order chi connectivity index (χ0) is 13.4. The first kappa shape index (κ1) is 12.1. The molecule has 2 aromatic heterocycles. The normalized spacial score (nSPS) is 19.9.